The summed E-state index contributed by atoms with van der Waals surface area (Å²) in [5.41, 5.74) is 2.85. The zero-order valence-electron chi connectivity index (χ0n) is 14.9. The van der Waals surface area contributed by atoms with Gasteiger partial charge >= 0.3 is 5.97 Å². The van der Waals surface area contributed by atoms with Gasteiger partial charge in [-0.25, -0.2) is 14.4 Å². The molecule has 0 bridgehead atoms. The largest absolute Gasteiger partial charge is 0.480 e. The molecule has 2 heterocycles. The maximum absolute atomic E-state index is 14.5. The van der Waals surface area contributed by atoms with Gasteiger partial charge in [0.25, 0.3) is 0 Å². The lowest BCUT2D eigenvalue weighted by Crippen LogP contribution is -2.13. The number of aromatic nitrogens is 3. The molecule has 0 radical (unpaired) electrons. The van der Waals surface area contributed by atoms with Crippen molar-refractivity contribution in [3.63, 3.8) is 0 Å². The third-order valence-corrected chi connectivity index (χ3v) is 4.58. The second kappa shape index (κ2) is 7.81. The van der Waals surface area contributed by atoms with Gasteiger partial charge < -0.3 is 10.4 Å². The Morgan fingerprint density at radius 2 is 1.93 bits per heavy atom. The van der Waals surface area contributed by atoms with Crippen molar-refractivity contribution in [1.82, 2.24) is 15.0 Å². The van der Waals surface area contributed by atoms with E-state index in [4.69, 9.17) is 16.7 Å². The van der Waals surface area contributed by atoms with E-state index in [1.807, 2.05) is 18.2 Å². The SMILES string of the molecule is O=C(O)CNc1ncnc2ccc(-c3cccnc3-c3cc(Cl)ccc3F)cc12. The molecule has 8 heteroatoms. The number of carboxylic acid groups (broad SMARTS) is 1. The second-order valence-corrected chi connectivity index (χ2v) is 6.66. The summed E-state index contributed by atoms with van der Waals surface area (Å²) >= 11 is 6.06. The molecule has 0 aliphatic carbocycles. The highest BCUT2D eigenvalue weighted by Crippen LogP contribution is 2.35. The Balaban J connectivity index is 1.87. The third-order valence-electron chi connectivity index (χ3n) is 4.34. The fourth-order valence-electron chi connectivity index (χ4n) is 3.06. The second-order valence-electron chi connectivity index (χ2n) is 6.23. The molecule has 2 N–H and O–H groups in total. The van der Waals surface area contributed by atoms with Crippen LogP contribution in [0.1, 0.15) is 0 Å². The maximum atomic E-state index is 14.5. The van der Waals surface area contributed by atoms with E-state index in [1.165, 1.54) is 24.5 Å². The van der Waals surface area contributed by atoms with Crippen LogP contribution in [0.5, 0.6) is 0 Å². The molecule has 6 nitrogen and oxygen atoms in total. The Kier molecular flexibility index (Phi) is 5.05. The van der Waals surface area contributed by atoms with Crippen molar-refractivity contribution in [2.75, 3.05) is 11.9 Å². The molecule has 0 atom stereocenters. The number of nitrogens with zero attached hydrogens (tertiary/aromatic N) is 3. The van der Waals surface area contributed by atoms with Gasteiger partial charge in [0, 0.05) is 27.7 Å². The van der Waals surface area contributed by atoms with Crippen molar-refractivity contribution in [3.05, 3.63) is 71.9 Å². The minimum atomic E-state index is -1.00. The lowest BCUT2D eigenvalue weighted by atomic mass is 9.98. The molecular formula is C21H14ClFN4O2. The summed E-state index contributed by atoms with van der Waals surface area (Å²) in [6.45, 7) is -0.276. The van der Waals surface area contributed by atoms with Crippen LogP contribution in [0.15, 0.2) is 61.1 Å². The molecule has 0 unspecified atom stereocenters. The molecule has 0 spiro atoms. The number of carboxylic acids is 1. The zero-order valence-corrected chi connectivity index (χ0v) is 15.7. The summed E-state index contributed by atoms with van der Waals surface area (Å²) in [5, 5.41) is 12.8. The summed E-state index contributed by atoms with van der Waals surface area (Å²) in [6, 6.07) is 13.4. The van der Waals surface area contributed by atoms with Crippen LogP contribution < -0.4 is 5.32 Å². The van der Waals surface area contributed by atoms with Crippen molar-refractivity contribution in [3.8, 4) is 22.4 Å². The summed E-state index contributed by atoms with van der Waals surface area (Å²) in [5.74, 6) is -1.03. The minimum absolute atomic E-state index is 0.276. The van der Waals surface area contributed by atoms with Gasteiger partial charge in [-0.2, -0.15) is 0 Å². The van der Waals surface area contributed by atoms with Crippen molar-refractivity contribution >= 4 is 34.3 Å². The van der Waals surface area contributed by atoms with Crippen LogP contribution in [0, 0.1) is 5.82 Å². The van der Waals surface area contributed by atoms with Crippen molar-refractivity contribution in [2.45, 2.75) is 0 Å². The highest BCUT2D eigenvalue weighted by Gasteiger charge is 2.15. The van der Waals surface area contributed by atoms with Gasteiger partial charge in [-0.1, -0.05) is 23.7 Å². The molecule has 0 fully saturated rings. The Hall–Kier alpha value is -3.58. The molecule has 144 valence electrons. The third kappa shape index (κ3) is 3.86. The summed E-state index contributed by atoms with van der Waals surface area (Å²) in [7, 11) is 0. The summed E-state index contributed by atoms with van der Waals surface area (Å²) < 4.78 is 14.5. The predicted molar refractivity (Wildman–Crippen MR) is 109 cm³/mol. The zero-order chi connectivity index (χ0) is 20.4. The number of pyridine rings is 1. The smallest absolute Gasteiger partial charge is 0.322 e. The molecule has 4 rings (SSSR count). The number of nitrogens with one attached hydrogen (secondary N) is 1. The lowest BCUT2D eigenvalue weighted by molar-refractivity contribution is -0.134. The molecule has 0 aliphatic heterocycles. The van der Waals surface area contributed by atoms with Gasteiger partial charge in [0.15, 0.2) is 0 Å². The van der Waals surface area contributed by atoms with Crippen molar-refractivity contribution in [1.29, 1.82) is 0 Å². The monoisotopic (exact) mass is 408 g/mol. The number of hydrogen-bond donors (Lipinski definition) is 2. The first-order valence-corrected chi connectivity index (χ1v) is 9.02. The van der Waals surface area contributed by atoms with Crippen LogP contribution >= 0.6 is 11.6 Å². The van der Waals surface area contributed by atoms with Crippen LogP contribution in [0.25, 0.3) is 33.3 Å². The van der Waals surface area contributed by atoms with E-state index in [0.29, 0.717) is 38.6 Å². The molecule has 0 saturated carbocycles. The van der Waals surface area contributed by atoms with Gasteiger partial charge in [0.2, 0.25) is 0 Å². The Bertz CT molecular complexity index is 1230. The number of hydrogen-bond acceptors (Lipinski definition) is 5. The average molecular weight is 409 g/mol. The Morgan fingerprint density at radius 1 is 1.07 bits per heavy atom. The molecule has 0 saturated heterocycles. The molecule has 2 aromatic heterocycles. The summed E-state index contributed by atoms with van der Waals surface area (Å²) in [4.78, 5) is 23.6. The lowest BCUT2D eigenvalue weighted by Gasteiger charge is -2.12. The van der Waals surface area contributed by atoms with Crippen LogP contribution in [0.4, 0.5) is 10.2 Å². The van der Waals surface area contributed by atoms with Gasteiger partial charge in [0.05, 0.1) is 11.2 Å². The van der Waals surface area contributed by atoms with E-state index in [1.54, 1.807) is 18.3 Å². The van der Waals surface area contributed by atoms with Crippen molar-refractivity contribution < 1.29 is 14.3 Å². The number of halogens is 2. The average Bonchev–Trinajstić information content (AvgIpc) is 2.73. The normalized spacial score (nSPS) is 10.8. The number of rotatable bonds is 5. The number of benzene rings is 2. The number of carbonyl (C=O) groups is 1. The van der Waals surface area contributed by atoms with Crippen LogP contribution in [-0.2, 0) is 4.79 Å². The van der Waals surface area contributed by atoms with Crippen LogP contribution in [-0.4, -0.2) is 32.6 Å². The highest BCUT2D eigenvalue weighted by atomic mass is 35.5. The van der Waals surface area contributed by atoms with E-state index in [-0.39, 0.29) is 6.54 Å². The van der Waals surface area contributed by atoms with Gasteiger partial charge in [0.1, 0.15) is 24.5 Å². The van der Waals surface area contributed by atoms with E-state index < -0.39 is 11.8 Å². The first-order chi connectivity index (χ1) is 14.0. The van der Waals surface area contributed by atoms with Crippen LogP contribution in [0.2, 0.25) is 5.02 Å². The molecule has 0 aliphatic rings. The topological polar surface area (TPSA) is 88.0 Å². The first kappa shape index (κ1) is 18.8. The molecular weight excluding hydrogens is 395 g/mol. The molecule has 29 heavy (non-hydrogen) atoms. The molecule has 2 aromatic carbocycles. The number of fused-ring (bicyclic) bond motifs is 1. The quantitative estimate of drug-likeness (QED) is 0.500. The fourth-order valence-corrected chi connectivity index (χ4v) is 3.23. The van der Waals surface area contributed by atoms with Crippen LogP contribution in [0.3, 0.4) is 0 Å². The Morgan fingerprint density at radius 3 is 2.76 bits per heavy atom. The molecule has 0 amide bonds. The van der Waals surface area contributed by atoms with Gasteiger partial charge in [-0.3, -0.25) is 9.78 Å². The van der Waals surface area contributed by atoms with E-state index in [2.05, 4.69) is 20.3 Å². The number of anilines is 1. The van der Waals surface area contributed by atoms with Gasteiger partial charge in [-0.05, 0) is 42.0 Å². The predicted octanol–water partition coefficient (Wildman–Crippen LogP) is 4.65. The maximum Gasteiger partial charge on any atom is 0.322 e. The summed E-state index contributed by atoms with van der Waals surface area (Å²) in [6.07, 6.45) is 2.95. The first-order valence-electron chi connectivity index (χ1n) is 8.64. The van der Waals surface area contributed by atoms with E-state index in [9.17, 15) is 9.18 Å². The standard InChI is InChI=1S/C21H14ClFN4O2/c22-13-4-5-17(23)15(9-13)20-14(2-1-7-24-20)12-3-6-18-16(8-12)21(27-11-26-18)25-10-19(28)29/h1-9,11H,10H2,(H,28,29)(H,25,26,27). The van der Waals surface area contributed by atoms with Gasteiger partial charge in [-0.15, -0.1) is 0 Å². The van der Waals surface area contributed by atoms with E-state index in [0.717, 1.165) is 5.56 Å². The minimum Gasteiger partial charge on any atom is -0.480 e. The fraction of sp³-hybridized carbons (Fsp3) is 0.0476. The Labute approximate surface area is 170 Å². The highest BCUT2D eigenvalue weighted by molar-refractivity contribution is 6.30. The van der Waals surface area contributed by atoms with E-state index >= 15 is 0 Å². The van der Waals surface area contributed by atoms with Crippen molar-refractivity contribution in [2.24, 2.45) is 0 Å². The molecule has 4 aromatic rings. The number of aliphatic carboxylic acids is 1.